The summed E-state index contributed by atoms with van der Waals surface area (Å²) in [5, 5.41) is 21.6. The molecule has 0 aliphatic carbocycles. The first kappa shape index (κ1) is 13.4. The van der Waals surface area contributed by atoms with Gasteiger partial charge >= 0.3 is 5.97 Å². The van der Waals surface area contributed by atoms with Crippen LogP contribution >= 0.6 is 0 Å². The maximum atomic E-state index is 11.5. The monoisotopic (exact) mass is 260 g/mol. The number of nitriles is 1. The maximum Gasteiger partial charge on any atom is 0.329 e. The first-order chi connectivity index (χ1) is 9.07. The van der Waals surface area contributed by atoms with E-state index in [0.29, 0.717) is 37.3 Å². The van der Waals surface area contributed by atoms with Crippen LogP contribution in [0.25, 0.3) is 0 Å². The molecule has 5 nitrogen and oxygen atoms in total. The highest BCUT2D eigenvalue weighted by molar-refractivity contribution is 5.83. The third-order valence-corrected chi connectivity index (χ3v) is 3.43. The van der Waals surface area contributed by atoms with Crippen LogP contribution in [-0.2, 0) is 9.53 Å². The fourth-order valence-electron chi connectivity index (χ4n) is 2.23. The van der Waals surface area contributed by atoms with Crippen molar-refractivity contribution in [2.75, 3.05) is 18.5 Å². The lowest BCUT2D eigenvalue weighted by Gasteiger charge is -2.35. The van der Waals surface area contributed by atoms with Gasteiger partial charge in [0.1, 0.15) is 11.6 Å². The quantitative estimate of drug-likeness (QED) is 0.867. The molecule has 1 aliphatic heterocycles. The Kier molecular flexibility index (Phi) is 3.72. The molecule has 2 N–H and O–H groups in total. The number of rotatable bonds is 3. The van der Waals surface area contributed by atoms with E-state index in [1.807, 2.05) is 13.0 Å². The molecule has 0 bridgehead atoms. The average molecular weight is 260 g/mol. The van der Waals surface area contributed by atoms with Crippen LogP contribution in [0.3, 0.4) is 0 Å². The number of aryl methyl sites for hydroxylation is 1. The van der Waals surface area contributed by atoms with Crippen molar-refractivity contribution in [3.63, 3.8) is 0 Å². The number of aliphatic carboxylic acids is 1. The summed E-state index contributed by atoms with van der Waals surface area (Å²) in [7, 11) is 0. The van der Waals surface area contributed by atoms with Gasteiger partial charge < -0.3 is 15.2 Å². The Bertz CT molecular complexity index is 528. The number of hydrogen-bond acceptors (Lipinski definition) is 4. The molecule has 5 heteroatoms. The predicted molar refractivity (Wildman–Crippen MR) is 69.9 cm³/mol. The smallest absolute Gasteiger partial charge is 0.329 e. The van der Waals surface area contributed by atoms with Crippen molar-refractivity contribution in [2.45, 2.75) is 25.3 Å². The van der Waals surface area contributed by atoms with E-state index in [2.05, 4.69) is 11.4 Å². The van der Waals surface area contributed by atoms with E-state index < -0.39 is 11.5 Å². The zero-order chi connectivity index (χ0) is 13.9. The molecule has 0 saturated carbocycles. The lowest BCUT2D eigenvalue weighted by atomic mass is 9.89. The maximum absolute atomic E-state index is 11.5. The Labute approximate surface area is 111 Å². The molecular formula is C14H16N2O3. The summed E-state index contributed by atoms with van der Waals surface area (Å²) in [5.41, 5.74) is 0.960. The fraction of sp³-hybridized carbons (Fsp3) is 0.429. The number of carboxylic acid groups (broad SMARTS) is 1. The van der Waals surface area contributed by atoms with E-state index in [1.165, 1.54) is 0 Å². The van der Waals surface area contributed by atoms with Crippen LogP contribution in [0.1, 0.15) is 24.0 Å². The second kappa shape index (κ2) is 5.29. The van der Waals surface area contributed by atoms with Crippen molar-refractivity contribution in [1.29, 1.82) is 5.26 Å². The largest absolute Gasteiger partial charge is 0.480 e. The number of carbonyl (C=O) groups is 1. The predicted octanol–water partition coefficient (Wildman–Crippen LogP) is 1.91. The molecule has 1 saturated heterocycles. The van der Waals surface area contributed by atoms with Gasteiger partial charge in [-0.05, 0) is 24.6 Å². The van der Waals surface area contributed by atoms with Gasteiger partial charge in [0.2, 0.25) is 0 Å². The highest BCUT2D eigenvalue weighted by Gasteiger charge is 2.40. The number of anilines is 1. The third kappa shape index (κ3) is 2.69. The lowest BCUT2D eigenvalue weighted by Crippen LogP contribution is -2.50. The number of nitrogens with one attached hydrogen (secondary N) is 1. The van der Waals surface area contributed by atoms with Gasteiger partial charge in [0.25, 0.3) is 0 Å². The van der Waals surface area contributed by atoms with Crippen LogP contribution in [0.4, 0.5) is 5.69 Å². The Morgan fingerprint density at radius 2 is 2.16 bits per heavy atom. The molecule has 0 radical (unpaired) electrons. The van der Waals surface area contributed by atoms with Gasteiger partial charge in [-0.2, -0.15) is 5.26 Å². The van der Waals surface area contributed by atoms with Crippen LogP contribution in [0, 0.1) is 18.3 Å². The molecule has 1 aromatic carbocycles. The number of nitrogens with zero attached hydrogens (tertiary/aromatic N) is 1. The van der Waals surface area contributed by atoms with E-state index in [4.69, 9.17) is 10.00 Å². The van der Waals surface area contributed by atoms with Crippen LogP contribution in [0.15, 0.2) is 18.2 Å². The fourth-order valence-corrected chi connectivity index (χ4v) is 2.23. The molecule has 0 atom stereocenters. The molecule has 1 fully saturated rings. The second-order valence-electron chi connectivity index (χ2n) is 4.79. The van der Waals surface area contributed by atoms with E-state index in [9.17, 15) is 9.90 Å². The summed E-state index contributed by atoms with van der Waals surface area (Å²) in [4.78, 5) is 11.5. The number of benzene rings is 1. The molecule has 0 amide bonds. The highest BCUT2D eigenvalue weighted by Crippen LogP contribution is 2.28. The van der Waals surface area contributed by atoms with Crippen molar-refractivity contribution >= 4 is 11.7 Å². The Morgan fingerprint density at radius 3 is 2.74 bits per heavy atom. The Hall–Kier alpha value is -2.06. The van der Waals surface area contributed by atoms with Crippen molar-refractivity contribution in [1.82, 2.24) is 0 Å². The number of ether oxygens (including phenoxy) is 1. The third-order valence-electron chi connectivity index (χ3n) is 3.43. The zero-order valence-corrected chi connectivity index (χ0v) is 10.8. The molecule has 2 rings (SSSR count). The molecule has 100 valence electrons. The minimum Gasteiger partial charge on any atom is -0.480 e. The van der Waals surface area contributed by atoms with E-state index in [-0.39, 0.29) is 0 Å². The van der Waals surface area contributed by atoms with Crippen molar-refractivity contribution in [2.24, 2.45) is 0 Å². The second-order valence-corrected chi connectivity index (χ2v) is 4.79. The van der Waals surface area contributed by atoms with Crippen LogP contribution in [-0.4, -0.2) is 29.8 Å². The zero-order valence-electron chi connectivity index (χ0n) is 10.8. The van der Waals surface area contributed by atoms with Gasteiger partial charge in [-0.15, -0.1) is 0 Å². The van der Waals surface area contributed by atoms with Crippen molar-refractivity contribution < 1.29 is 14.6 Å². The summed E-state index contributed by atoms with van der Waals surface area (Å²) in [6.07, 6.45) is 0.780. The summed E-state index contributed by atoms with van der Waals surface area (Å²) < 4.78 is 5.22. The summed E-state index contributed by atoms with van der Waals surface area (Å²) in [6.45, 7) is 2.71. The molecule has 0 spiro atoms. The minimum atomic E-state index is -1.04. The van der Waals surface area contributed by atoms with E-state index in [1.54, 1.807) is 12.1 Å². The van der Waals surface area contributed by atoms with E-state index >= 15 is 0 Å². The molecular weight excluding hydrogens is 244 g/mol. The van der Waals surface area contributed by atoms with Gasteiger partial charge in [0.15, 0.2) is 0 Å². The number of hydrogen-bond donors (Lipinski definition) is 2. The first-order valence-corrected chi connectivity index (χ1v) is 6.17. The summed E-state index contributed by atoms with van der Waals surface area (Å²) >= 11 is 0. The summed E-state index contributed by atoms with van der Waals surface area (Å²) in [6, 6.07) is 7.46. The normalized spacial score (nSPS) is 17.5. The minimum absolute atomic E-state index is 0.390. The Balaban J connectivity index is 2.32. The van der Waals surface area contributed by atoms with Crippen molar-refractivity contribution in [3.05, 3.63) is 29.3 Å². The topological polar surface area (TPSA) is 82.3 Å². The number of carboxylic acids is 1. The SMILES string of the molecule is Cc1ccc(NC2(C(=O)O)CCOCC2)c(C#N)c1. The molecule has 1 heterocycles. The molecule has 0 aromatic heterocycles. The van der Waals surface area contributed by atoms with Gasteiger partial charge in [0.05, 0.1) is 11.3 Å². The van der Waals surface area contributed by atoms with Gasteiger partial charge in [0, 0.05) is 26.1 Å². The molecule has 1 aromatic rings. The first-order valence-electron chi connectivity index (χ1n) is 6.17. The van der Waals surface area contributed by atoms with Gasteiger partial charge in [-0.3, -0.25) is 0 Å². The summed E-state index contributed by atoms with van der Waals surface area (Å²) in [5.74, 6) is -0.903. The van der Waals surface area contributed by atoms with Gasteiger partial charge in [-0.25, -0.2) is 4.79 Å². The van der Waals surface area contributed by atoms with Gasteiger partial charge in [-0.1, -0.05) is 6.07 Å². The van der Waals surface area contributed by atoms with E-state index in [0.717, 1.165) is 5.56 Å². The average Bonchev–Trinajstić information content (AvgIpc) is 2.41. The Morgan fingerprint density at radius 1 is 1.47 bits per heavy atom. The molecule has 1 aliphatic rings. The lowest BCUT2D eigenvalue weighted by molar-refractivity contribution is -0.145. The van der Waals surface area contributed by atoms with Crippen LogP contribution in [0.5, 0.6) is 0 Å². The molecule has 0 unspecified atom stereocenters. The van der Waals surface area contributed by atoms with Crippen LogP contribution < -0.4 is 5.32 Å². The standard InChI is InChI=1S/C14H16N2O3/c1-10-2-3-12(11(8-10)9-15)16-14(13(17)18)4-6-19-7-5-14/h2-3,8,16H,4-7H2,1H3,(H,17,18). The highest BCUT2D eigenvalue weighted by atomic mass is 16.5. The van der Waals surface area contributed by atoms with Crippen LogP contribution in [0.2, 0.25) is 0 Å². The molecule has 19 heavy (non-hydrogen) atoms. The van der Waals surface area contributed by atoms with Crippen molar-refractivity contribution in [3.8, 4) is 6.07 Å².